The summed E-state index contributed by atoms with van der Waals surface area (Å²) in [6, 6.07) is 2.87. The first-order valence-electron chi connectivity index (χ1n) is 5.36. The van der Waals surface area contributed by atoms with Crippen molar-refractivity contribution >= 4 is 10.0 Å². The zero-order chi connectivity index (χ0) is 13.8. The first-order valence-corrected chi connectivity index (χ1v) is 6.84. The molecule has 0 aliphatic heterocycles. The number of aliphatic hydroxyl groups is 2. The standard InChI is InChI=1S/C10H18N2O5S/c1-10(6-13,7-14)12-5-8-3-4-9(17-8)18(15,16)11-2/h3-4,11-14H,5-7H2,1-2H3. The van der Waals surface area contributed by atoms with Crippen molar-refractivity contribution in [2.45, 2.75) is 24.1 Å². The van der Waals surface area contributed by atoms with Gasteiger partial charge in [0.05, 0.1) is 25.3 Å². The molecule has 0 radical (unpaired) electrons. The molecule has 1 aromatic rings. The minimum atomic E-state index is -3.59. The summed E-state index contributed by atoms with van der Waals surface area (Å²) in [7, 11) is -2.29. The highest BCUT2D eigenvalue weighted by molar-refractivity contribution is 7.89. The number of aliphatic hydroxyl groups excluding tert-OH is 2. The highest BCUT2D eigenvalue weighted by atomic mass is 32.2. The molecule has 4 N–H and O–H groups in total. The third-order valence-electron chi connectivity index (χ3n) is 2.56. The molecule has 1 heterocycles. The van der Waals surface area contributed by atoms with Crippen LogP contribution in [0.4, 0.5) is 0 Å². The van der Waals surface area contributed by atoms with E-state index in [-0.39, 0.29) is 24.9 Å². The van der Waals surface area contributed by atoms with E-state index in [0.29, 0.717) is 5.76 Å². The quantitative estimate of drug-likeness (QED) is 0.510. The van der Waals surface area contributed by atoms with Gasteiger partial charge in [0, 0.05) is 0 Å². The average Bonchev–Trinajstić information content (AvgIpc) is 2.85. The third kappa shape index (κ3) is 3.53. The van der Waals surface area contributed by atoms with Crippen LogP contribution in [0.2, 0.25) is 0 Å². The molecule has 0 saturated carbocycles. The molecule has 7 nitrogen and oxygen atoms in total. The molecule has 8 heteroatoms. The Labute approximate surface area is 106 Å². The molecule has 0 atom stereocenters. The van der Waals surface area contributed by atoms with Crippen LogP contribution in [0.15, 0.2) is 21.6 Å². The maximum atomic E-state index is 11.4. The monoisotopic (exact) mass is 278 g/mol. The van der Waals surface area contributed by atoms with E-state index in [1.54, 1.807) is 6.92 Å². The third-order valence-corrected chi connectivity index (χ3v) is 3.84. The highest BCUT2D eigenvalue weighted by Gasteiger charge is 2.22. The topological polar surface area (TPSA) is 112 Å². The molecule has 0 aromatic carbocycles. The van der Waals surface area contributed by atoms with Crippen molar-refractivity contribution in [3.8, 4) is 0 Å². The zero-order valence-corrected chi connectivity index (χ0v) is 11.1. The minimum Gasteiger partial charge on any atom is -0.447 e. The Hall–Kier alpha value is -0.930. The molecule has 104 valence electrons. The van der Waals surface area contributed by atoms with E-state index in [1.165, 1.54) is 19.2 Å². The van der Waals surface area contributed by atoms with Crippen molar-refractivity contribution in [2.75, 3.05) is 20.3 Å². The summed E-state index contributed by atoms with van der Waals surface area (Å²) in [5.74, 6) is 0.400. The lowest BCUT2D eigenvalue weighted by atomic mass is 10.1. The van der Waals surface area contributed by atoms with Crippen LogP contribution in [0.25, 0.3) is 0 Å². The Morgan fingerprint density at radius 3 is 2.44 bits per heavy atom. The van der Waals surface area contributed by atoms with Gasteiger partial charge in [-0.05, 0) is 26.1 Å². The van der Waals surface area contributed by atoms with Crippen LogP contribution in [0.3, 0.4) is 0 Å². The van der Waals surface area contributed by atoms with Gasteiger partial charge in [-0.1, -0.05) is 0 Å². The molecular formula is C10H18N2O5S. The molecule has 0 bridgehead atoms. The lowest BCUT2D eigenvalue weighted by Gasteiger charge is -2.25. The summed E-state index contributed by atoms with van der Waals surface area (Å²) >= 11 is 0. The van der Waals surface area contributed by atoms with Crippen LogP contribution in [-0.2, 0) is 16.6 Å². The summed E-state index contributed by atoms with van der Waals surface area (Å²) in [5.41, 5.74) is -0.838. The van der Waals surface area contributed by atoms with Crippen molar-refractivity contribution in [3.05, 3.63) is 17.9 Å². The first-order chi connectivity index (χ1) is 8.37. The summed E-state index contributed by atoms with van der Waals surface area (Å²) in [6.45, 7) is 1.36. The summed E-state index contributed by atoms with van der Waals surface area (Å²) < 4.78 is 30.1. The molecule has 0 unspecified atom stereocenters. The van der Waals surface area contributed by atoms with Crippen LogP contribution < -0.4 is 10.0 Å². The van der Waals surface area contributed by atoms with Gasteiger partial charge in [-0.3, -0.25) is 0 Å². The Kier molecular flexibility index (Phi) is 4.88. The number of nitrogens with one attached hydrogen (secondary N) is 2. The second-order valence-corrected chi connectivity index (χ2v) is 5.98. The predicted molar refractivity (Wildman–Crippen MR) is 64.4 cm³/mol. The number of furan rings is 1. The van der Waals surface area contributed by atoms with Crippen molar-refractivity contribution < 1.29 is 23.0 Å². The second-order valence-electron chi connectivity index (χ2n) is 4.16. The molecular weight excluding hydrogens is 260 g/mol. The van der Waals surface area contributed by atoms with Crippen LogP contribution in [-0.4, -0.2) is 44.4 Å². The Balaban J connectivity index is 2.71. The fourth-order valence-corrected chi connectivity index (χ4v) is 1.83. The van der Waals surface area contributed by atoms with Gasteiger partial charge in [0.1, 0.15) is 5.76 Å². The Morgan fingerprint density at radius 1 is 1.33 bits per heavy atom. The van der Waals surface area contributed by atoms with E-state index in [4.69, 9.17) is 14.6 Å². The van der Waals surface area contributed by atoms with Crippen molar-refractivity contribution in [3.63, 3.8) is 0 Å². The maximum absolute atomic E-state index is 11.4. The number of hydrogen-bond donors (Lipinski definition) is 4. The van der Waals surface area contributed by atoms with Gasteiger partial charge in [-0.15, -0.1) is 0 Å². The average molecular weight is 278 g/mol. The van der Waals surface area contributed by atoms with Gasteiger partial charge in [-0.2, -0.15) is 0 Å². The predicted octanol–water partition coefficient (Wildman–Crippen LogP) is -0.979. The number of rotatable bonds is 7. The fourth-order valence-electron chi connectivity index (χ4n) is 1.16. The molecule has 1 rings (SSSR count). The van der Waals surface area contributed by atoms with E-state index in [9.17, 15) is 8.42 Å². The summed E-state index contributed by atoms with van der Waals surface area (Å²) in [6.07, 6.45) is 0. The Morgan fingerprint density at radius 2 is 1.94 bits per heavy atom. The van der Waals surface area contributed by atoms with Gasteiger partial charge in [0.2, 0.25) is 5.09 Å². The molecule has 0 saturated heterocycles. The highest BCUT2D eigenvalue weighted by Crippen LogP contribution is 2.14. The normalized spacial score (nSPS) is 12.9. The smallest absolute Gasteiger partial charge is 0.273 e. The molecule has 0 aliphatic rings. The Bertz CT molecular complexity index is 478. The molecule has 1 aromatic heterocycles. The molecule has 0 fully saturated rings. The first kappa shape index (κ1) is 15.1. The zero-order valence-electron chi connectivity index (χ0n) is 10.3. The van der Waals surface area contributed by atoms with Gasteiger partial charge in [-0.25, -0.2) is 13.1 Å². The van der Waals surface area contributed by atoms with E-state index >= 15 is 0 Å². The summed E-state index contributed by atoms with van der Waals surface area (Å²) in [4.78, 5) is 0. The molecule has 0 spiro atoms. The van der Waals surface area contributed by atoms with E-state index in [0.717, 1.165) is 0 Å². The van der Waals surface area contributed by atoms with Gasteiger partial charge in [0.25, 0.3) is 10.0 Å². The lowest BCUT2D eigenvalue weighted by molar-refractivity contribution is 0.101. The van der Waals surface area contributed by atoms with Crippen molar-refractivity contribution in [1.82, 2.24) is 10.0 Å². The number of hydrogen-bond acceptors (Lipinski definition) is 6. The molecule has 18 heavy (non-hydrogen) atoms. The molecule has 0 amide bonds. The van der Waals surface area contributed by atoms with E-state index < -0.39 is 15.6 Å². The van der Waals surface area contributed by atoms with Crippen LogP contribution >= 0.6 is 0 Å². The second kappa shape index (κ2) is 5.81. The van der Waals surface area contributed by atoms with Gasteiger partial charge >= 0.3 is 0 Å². The van der Waals surface area contributed by atoms with Gasteiger partial charge < -0.3 is 19.9 Å². The van der Waals surface area contributed by atoms with Crippen LogP contribution in [0, 0.1) is 0 Å². The largest absolute Gasteiger partial charge is 0.447 e. The lowest BCUT2D eigenvalue weighted by Crippen LogP contribution is -2.48. The van der Waals surface area contributed by atoms with Crippen LogP contribution in [0.1, 0.15) is 12.7 Å². The summed E-state index contributed by atoms with van der Waals surface area (Å²) in [5, 5.41) is 20.9. The SMILES string of the molecule is CNS(=O)(=O)c1ccc(CNC(C)(CO)CO)o1. The fraction of sp³-hybridized carbons (Fsp3) is 0.600. The molecule has 0 aliphatic carbocycles. The van der Waals surface area contributed by atoms with E-state index in [2.05, 4.69) is 10.0 Å². The van der Waals surface area contributed by atoms with E-state index in [1.807, 2.05) is 0 Å². The van der Waals surface area contributed by atoms with Crippen molar-refractivity contribution in [1.29, 1.82) is 0 Å². The van der Waals surface area contributed by atoms with Crippen LogP contribution in [0.5, 0.6) is 0 Å². The maximum Gasteiger partial charge on any atom is 0.273 e. The van der Waals surface area contributed by atoms with Crippen molar-refractivity contribution in [2.24, 2.45) is 0 Å². The number of sulfonamides is 1. The minimum absolute atomic E-state index is 0.170. The van der Waals surface area contributed by atoms with Gasteiger partial charge in [0.15, 0.2) is 0 Å².